The number of ketones is 1. The smallest absolute Gasteiger partial charge is 0.408 e. The Kier molecular flexibility index (Phi) is 2.66. The Morgan fingerprint density at radius 1 is 1.41 bits per heavy atom. The number of hydrogen-bond acceptors (Lipinski definition) is 7. The van der Waals surface area contributed by atoms with Crippen LogP contribution in [-0.2, 0) is 18.8 Å². The van der Waals surface area contributed by atoms with Crippen LogP contribution in [-0.4, -0.2) is 32.3 Å². The topological polar surface area (TPSA) is 102 Å². The van der Waals surface area contributed by atoms with Gasteiger partial charge in [-0.15, -0.1) is 0 Å². The molecular formula is C9H9NO6S. The Hall–Kier alpha value is -1.48. The van der Waals surface area contributed by atoms with Crippen molar-refractivity contribution in [1.82, 2.24) is 5.32 Å². The molecule has 0 saturated carbocycles. The highest BCUT2D eigenvalue weighted by Crippen LogP contribution is 2.31. The number of phenolic OH excluding ortho intramolecular Hbond substituents is 1. The van der Waals surface area contributed by atoms with Crippen molar-refractivity contribution in [2.75, 3.05) is 7.05 Å². The summed E-state index contributed by atoms with van der Waals surface area (Å²) >= 11 is 0. The third-order valence-corrected chi connectivity index (χ3v) is 3.05. The first-order valence-electron chi connectivity index (χ1n) is 4.57. The van der Waals surface area contributed by atoms with Crippen LogP contribution in [0.25, 0.3) is 0 Å². The predicted molar refractivity (Wildman–Crippen MR) is 55.3 cm³/mol. The molecule has 1 aromatic carbocycles. The third kappa shape index (κ3) is 2.03. The molecule has 1 fully saturated rings. The summed E-state index contributed by atoms with van der Waals surface area (Å²) in [6, 6.07) is 5.40. The average Bonchev–Trinajstić information content (AvgIpc) is 2.24. The van der Waals surface area contributed by atoms with E-state index in [9.17, 15) is 18.3 Å². The van der Waals surface area contributed by atoms with Crippen LogP contribution in [0.5, 0.6) is 5.75 Å². The number of aromatic hydroxyl groups is 1. The van der Waals surface area contributed by atoms with E-state index < -0.39 is 22.1 Å². The van der Waals surface area contributed by atoms with Crippen molar-refractivity contribution in [3.8, 4) is 5.75 Å². The summed E-state index contributed by atoms with van der Waals surface area (Å²) in [5, 5.41) is 11.6. The molecule has 0 unspecified atom stereocenters. The first kappa shape index (κ1) is 12.0. The molecule has 1 aliphatic rings. The van der Waals surface area contributed by atoms with E-state index in [2.05, 4.69) is 13.7 Å². The van der Waals surface area contributed by atoms with Gasteiger partial charge in [0.05, 0.1) is 0 Å². The first-order valence-corrected chi connectivity index (χ1v) is 5.91. The van der Waals surface area contributed by atoms with Crippen molar-refractivity contribution in [3.63, 3.8) is 0 Å². The minimum Gasteiger partial charge on any atom is -0.508 e. The SMILES string of the molecule is CNC1(C(=O)c2cccc(O)c2)OS(=O)(=O)O1. The standard InChI is InChI=1S/C9H9NO6S/c1-10-9(15-17(13,14)16-9)8(12)6-3-2-4-7(11)5-6/h2-5,10-11H,1H3. The fourth-order valence-electron chi connectivity index (χ4n) is 1.40. The highest BCUT2D eigenvalue weighted by atomic mass is 32.3. The number of rotatable bonds is 3. The molecule has 2 N–H and O–H groups in total. The molecule has 1 aliphatic heterocycles. The second kappa shape index (κ2) is 3.77. The second-order valence-corrected chi connectivity index (χ2v) is 4.47. The Bertz CT molecular complexity index is 555. The zero-order valence-electron chi connectivity index (χ0n) is 8.71. The highest BCUT2D eigenvalue weighted by molar-refractivity contribution is 7.83. The van der Waals surface area contributed by atoms with Crippen molar-refractivity contribution < 1.29 is 26.7 Å². The van der Waals surface area contributed by atoms with Gasteiger partial charge in [-0.3, -0.25) is 10.1 Å². The van der Waals surface area contributed by atoms with E-state index in [0.717, 1.165) is 0 Å². The molecule has 0 aliphatic carbocycles. The van der Waals surface area contributed by atoms with Gasteiger partial charge in [0.25, 0.3) is 0 Å². The van der Waals surface area contributed by atoms with Gasteiger partial charge in [-0.25, -0.2) is 0 Å². The van der Waals surface area contributed by atoms with Crippen LogP contribution in [0, 0.1) is 0 Å². The monoisotopic (exact) mass is 259 g/mol. The van der Waals surface area contributed by atoms with Crippen molar-refractivity contribution in [1.29, 1.82) is 0 Å². The molecule has 17 heavy (non-hydrogen) atoms. The van der Waals surface area contributed by atoms with Gasteiger partial charge < -0.3 is 5.11 Å². The van der Waals surface area contributed by atoms with Crippen LogP contribution in [0.3, 0.4) is 0 Å². The van der Waals surface area contributed by atoms with Crippen LogP contribution >= 0.6 is 0 Å². The fourth-order valence-corrected chi connectivity index (χ4v) is 2.31. The lowest BCUT2D eigenvalue weighted by atomic mass is 10.1. The van der Waals surface area contributed by atoms with E-state index in [0.29, 0.717) is 0 Å². The molecule has 1 saturated heterocycles. The van der Waals surface area contributed by atoms with E-state index in [1.54, 1.807) is 0 Å². The normalized spacial score (nSPS) is 20.5. The Labute approximate surface area is 97.3 Å². The zero-order valence-corrected chi connectivity index (χ0v) is 9.52. The average molecular weight is 259 g/mol. The molecule has 0 aromatic heterocycles. The van der Waals surface area contributed by atoms with Gasteiger partial charge in [0.1, 0.15) is 5.75 Å². The lowest BCUT2D eigenvalue weighted by Gasteiger charge is -2.36. The molecule has 1 aromatic rings. The molecule has 0 atom stereocenters. The van der Waals surface area contributed by atoms with E-state index in [1.807, 2.05) is 0 Å². The molecule has 0 bridgehead atoms. The number of benzene rings is 1. The molecule has 7 nitrogen and oxygen atoms in total. The molecular weight excluding hydrogens is 250 g/mol. The fraction of sp³-hybridized carbons (Fsp3) is 0.222. The van der Waals surface area contributed by atoms with Gasteiger partial charge in [0, 0.05) is 5.56 Å². The van der Waals surface area contributed by atoms with E-state index >= 15 is 0 Å². The van der Waals surface area contributed by atoms with Crippen LogP contribution in [0.1, 0.15) is 10.4 Å². The van der Waals surface area contributed by atoms with Crippen LogP contribution < -0.4 is 5.32 Å². The summed E-state index contributed by atoms with van der Waals surface area (Å²) in [5.41, 5.74) is 0.0641. The number of phenols is 1. The lowest BCUT2D eigenvalue weighted by molar-refractivity contribution is -0.166. The Morgan fingerprint density at radius 3 is 2.53 bits per heavy atom. The number of carbonyl (C=O) groups is 1. The summed E-state index contributed by atoms with van der Waals surface area (Å²) in [6.45, 7) is 0. The maximum absolute atomic E-state index is 11.9. The molecule has 0 spiro atoms. The second-order valence-electron chi connectivity index (χ2n) is 3.32. The summed E-state index contributed by atoms with van der Waals surface area (Å²) in [7, 11) is -2.80. The van der Waals surface area contributed by atoms with Gasteiger partial charge in [0.2, 0.25) is 5.78 Å². The maximum Gasteiger partial charge on any atom is 0.408 e. The number of nitrogens with one attached hydrogen (secondary N) is 1. The molecule has 0 amide bonds. The van der Waals surface area contributed by atoms with Crippen molar-refractivity contribution >= 4 is 16.2 Å². The Balaban J connectivity index is 2.32. The van der Waals surface area contributed by atoms with Crippen molar-refractivity contribution in [2.45, 2.75) is 5.91 Å². The predicted octanol–water partition coefficient (Wildman–Crippen LogP) is -0.260. The molecule has 2 rings (SSSR count). The van der Waals surface area contributed by atoms with Gasteiger partial charge >= 0.3 is 16.3 Å². The molecule has 1 heterocycles. The molecule has 92 valence electrons. The van der Waals surface area contributed by atoms with Crippen molar-refractivity contribution in [3.05, 3.63) is 29.8 Å². The van der Waals surface area contributed by atoms with Gasteiger partial charge in [0.15, 0.2) is 0 Å². The van der Waals surface area contributed by atoms with Crippen LogP contribution in [0.4, 0.5) is 0 Å². The number of Topliss-reactive ketones (excluding diaryl/α,β-unsaturated/α-hetero) is 1. The van der Waals surface area contributed by atoms with E-state index in [-0.39, 0.29) is 11.3 Å². The third-order valence-electron chi connectivity index (χ3n) is 2.18. The van der Waals surface area contributed by atoms with Gasteiger partial charge in [-0.1, -0.05) is 12.1 Å². The summed E-state index contributed by atoms with van der Waals surface area (Å²) in [5.74, 6) is -2.90. The first-order chi connectivity index (χ1) is 7.88. The summed E-state index contributed by atoms with van der Waals surface area (Å²) < 4.78 is 30.4. The molecule has 0 radical (unpaired) electrons. The van der Waals surface area contributed by atoms with Crippen LogP contribution in [0.15, 0.2) is 24.3 Å². The summed E-state index contributed by atoms with van der Waals surface area (Å²) in [6.07, 6.45) is 0. The van der Waals surface area contributed by atoms with Crippen molar-refractivity contribution in [2.24, 2.45) is 0 Å². The number of hydrogen-bond donors (Lipinski definition) is 2. The minimum absolute atomic E-state index is 0.0641. The van der Waals surface area contributed by atoms with E-state index in [1.165, 1.54) is 31.3 Å². The highest BCUT2D eigenvalue weighted by Gasteiger charge is 2.57. The van der Waals surface area contributed by atoms with E-state index in [4.69, 9.17) is 0 Å². The van der Waals surface area contributed by atoms with Gasteiger partial charge in [-0.05, 0) is 19.2 Å². The molecule has 8 heteroatoms. The number of carbonyl (C=O) groups excluding carboxylic acids is 1. The van der Waals surface area contributed by atoms with Crippen LogP contribution in [0.2, 0.25) is 0 Å². The number of likely N-dealkylation sites (N-methyl/N-ethyl adjacent to an activating group) is 1. The maximum atomic E-state index is 11.9. The van der Waals surface area contributed by atoms with Gasteiger partial charge in [-0.2, -0.15) is 16.8 Å². The summed E-state index contributed by atoms with van der Waals surface area (Å²) in [4.78, 5) is 11.9. The minimum atomic E-state index is -4.11. The Morgan fingerprint density at radius 2 is 2.06 bits per heavy atom. The largest absolute Gasteiger partial charge is 0.508 e. The zero-order chi connectivity index (χ0) is 12.7. The lowest BCUT2D eigenvalue weighted by Crippen LogP contribution is -2.64. The quantitative estimate of drug-likeness (QED) is 0.721.